The predicted molar refractivity (Wildman–Crippen MR) is 64.4 cm³/mol. The van der Waals surface area contributed by atoms with E-state index >= 15 is 0 Å². The van der Waals surface area contributed by atoms with E-state index in [1.54, 1.807) is 6.92 Å². The molecule has 1 atom stereocenters. The van der Waals surface area contributed by atoms with Gasteiger partial charge in [-0.1, -0.05) is 13.8 Å². The summed E-state index contributed by atoms with van der Waals surface area (Å²) in [5, 5.41) is 18.8. The molecule has 2 N–H and O–H groups in total. The van der Waals surface area contributed by atoms with Crippen LogP contribution in [0.4, 0.5) is 0 Å². The molecule has 0 aromatic rings. The minimum absolute atomic E-state index is 0.117. The van der Waals surface area contributed by atoms with Gasteiger partial charge < -0.3 is 10.2 Å². The Bertz CT molecular complexity index is 224. The van der Waals surface area contributed by atoms with E-state index in [9.17, 15) is 9.90 Å². The summed E-state index contributed by atoms with van der Waals surface area (Å²) < 4.78 is 0. The van der Waals surface area contributed by atoms with Crippen molar-refractivity contribution in [1.29, 1.82) is 0 Å². The first-order valence-corrected chi connectivity index (χ1v) is 5.85. The summed E-state index contributed by atoms with van der Waals surface area (Å²) in [6.45, 7) is 10.8. The molecule has 0 radical (unpaired) electrons. The van der Waals surface area contributed by atoms with Crippen molar-refractivity contribution in [3.63, 3.8) is 0 Å². The Morgan fingerprint density at radius 1 is 1.31 bits per heavy atom. The third-order valence-electron chi connectivity index (χ3n) is 3.11. The monoisotopic (exact) mass is 231 g/mol. The largest absolute Gasteiger partial charge is 0.481 e. The Labute approximate surface area is 98.3 Å². The van der Waals surface area contributed by atoms with E-state index in [4.69, 9.17) is 5.11 Å². The molecule has 0 bridgehead atoms. The Kier molecular flexibility index (Phi) is 5.97. The van der Waals surface area contributed by atoms with Crippen LogP contribution >= 0.6 is 0 Å². The molecule has 0 saturated carbocycles. The van der Waals surface area contributed by atoms with Crippen molar-refractivity contribution in [2.75, 3.05) is 13.1 Å². The molecule has 4 nitrogen and oxygen atoms in total. The molecule has 0 saturated heterocycles. The zero-order chi connectivity index (χ0) is 12.9. The van der Waals surface area contributed by atoms with Gasteiger partial charge in [0.1, 0.15) is 0 Å². The molecule has 0 amide bonds. The number of hydrogen-bond donors (Lipinski definition) is 2. The van der Waals surface area contributed by atoms with Gasteiger partial charge in [0, 0.05) is 19.1 Å². The lowest BCUT2D eigenvalue weighted by atomic mass is 9.91. The molecule has 0 spiro atoms. The maximum Gasteiger partial charge on any atom is 0.304 e. The zero-order valence-corrected chi connectivity index (χ0v) is 11.0. The molecule has 16 heavy (non-hydrogen) atoms. The fraction of sp³-hybridized carbons (Fsp3) is 0.917. The molecule has 4 heteroatoms. The number of nitrogens with zero attached hydrogens (tertiary/aromatic N) is 1. The van der Waals surface area contributed by atoms with Crippen LogP contribution in [0.1, 0.15) is 41.0 Å². The summed E-state index contributed by atoms with van der Waals surface area (Å²) in [5.74, 6) is -0.645. The number of carboxylic acids is 1. The minimum atomic E-state index is -0.796. The molecule has 0 heterocycles. The van der Waals surface area contributed by atoms with Gasteiger partial charge in [0.2, 0.25) is 0 Å². The lowest BCUT2D eigenvalue weighted by Gasteiger charge is -2.36. The fourth-order valence-electron chi connectivity index (χ4n) is 1.35. The minimum Gasteiger partial charge on any atom is -0.481 e. The van der Waals surface area contributed by atoms with Gasteiger partial charge >= 0.3 is 5.97 Å². The van der Waals surface area contributed by atoms with E-state index in [-0.39, 0.29) is 18.4 Å². The van der Waals surface area contributed by atoms with Crippen LogP contribution in [0.5, 0.6) is 0 Å². The molecular weight excluding hydrogens is 206 g/mol. The maximum absolute atomic E-state index is 10.5. The van der Waals surface area contributed by atoms with Crippen molar-refractivity contribution in [2.24, 2.45) is 5.92 Å². The SMILES string of the molecule is CC(C)N(CCC(=O)O)CC(C)(O)C(C)C. The van der Waals surface area contributed by atoms with E-state index in [1.165, 1.54) is 0 Å². The van der Waals surface area contributed by atoms with Gasteiger partial charge in [-0.2, -0.15) is 0 Å². The number of hydrogen-bond acceptors (Lipinski definition) is 3. The lowest BCUT2D eigenvalue weighted by Crippen LogP contribution is -2.47. The second-order valence-corrected chi connectivity index (χ2v) is 5.22. The fourth-order valence-corrected chi connectivity index (χ4v) is 1.35. The number of carbonyl (C=O) groups is 1. The van der Waals surface area contributed by atoms with Gasteiger partial charge in [0.25, 0.3) is 0 Å². The van der Waals surface area contributed by atoms with Crippen LogP contribution in [0.2, 0.25) is 0 Å². The summed E-state index contributed by atoms with van der Waals surface area (Å²) in [5.41, 5.74) is -0.775. The van der Waals surface area contributed by atoms with Crippen molar-refractivity contribution in [3.8, 4) is 0 Å². The first kappa shape index (κ1) is 15.4. The van der Waals surface area contributed by atoms with Crippen molar-refractivity contribution in [2.45, 2.75) is 52.7 Å². The Morgan fingerprint density at radius 2 is 1.81 bits per heavy atom. The van der Waals surface area contributed by atoms with Crippen LogP contribution in [-0.2, 0) is 4.79 Å². The molecule has 1 unspecified atom stereocenters. The highest BCUT2D eigenvalue weighted by atomic mass is 16.4. The molecular formula is C12H25NO3. The molecule has 0 rings (SSSR count). The topological polar surface area (TPSA) is 60.8 Å². The van der Waals surface area contributed by atoms with Crippen LogP contribution in [0, 0.1) is 5.92 Å². The van der Waals surface area contributed by atoms with Gasteiger partial charge in [-0.15, -0.1) is 0 Å². The average Bonchev–Trinajstić information content (AvgIpc) is 2.11. The first-order valence-electron chi connectivity index (χ1n) is 5.85. The van der Waals surface area contributed by atoms with Crippen LogP contribution in [0.3, 0.4) is 0 Å². The number of carboxylic acid groups (broad SMARTS) is 1. The summed E-state index contributed by atoms with van der Waals surface area (Å²) in [4.78, 5) is 12.5. The highest BCUT2D eigenvalue weighted by Gasteiger charge is 2.28. The molecule has 0 fully saturated rings. The number of aliphatic carboxylic acids is 1. The van der Waals surface area contributed by atoms with Crippen molar-refractivity contribution in [3.05, 3.63) is 0 Å². The lowest BCUT2D eigenvalue weighted by molar-refractivity contribution is -0.137. The van der Waals surface area contributed by atoms with E-state index in [1.807, 2.05) is 32.6 Å². The van der Waals surface area contributed by atoms with E-state index in [0.717, 1.165) is 0 Å². The Morgan fingerprint density at radius 3 is 2.12 bits per heavy atom. The molecule has 0 aliphatic heterocycles. The Balaban J connectivity index is 4.39. The third kappa shape index (κ3) is 5.47. The second-order valence-electron chi connectivity index (χ2n) is 5.22. The highest BCUT2D eigenvalue weighted by molar-refractivity contribution is 5.66. The molecule has 0 aliphatic carbocycles. The Hall–Kier alpha value is -0.610. The average molecular weight is 231 g/mol. The predicted octanol–water partition coefficient (Wildman–Crippen LogP) is 1.58. The summed E-state index contributed by atoms with van der Waals surface area (Å²) in [6.07, 6.45) is 0.117. The van der Waals surface area contributed by atoms with Crippen LogP contribution in [0.15, 0.2) is 0 Å². The zero-order valence-electron chi connectivity index (χ0n) is 11.0. The first-order chi connectivity index (χ1) is 7.16. The van der Waals surface area contributed by atoms with Gasteiger partial charge in [0.05, 0.1) is 12.0 Å². The molecule has 0 aromatic heterocycles. The normalized spacial score (nSPS) is 15.8. The van der Waals surface area contributed by atoms with Crippen LogP contribution in [0.25, 0.3) is 0 Å². The number of aliphatic hydroxyl groups is 1. The second kappa shape index (κ2) is 6.21. The standard InChI is InChI=1S/C12H25NO3/c1-9(2)12(5,16)8-13(10(3)4)7-6-11(14)15/h9-10,16H,6-8H2,1-5H3,(H,14,15). The van der Waals surface area contributed by atoms with E-state index in [2.05, 4.69) is 0 Å². The van der Waals surface area contributed by atoms with Crippen LogP contribution in [-0.4, -0.2) is 45.8 Å². The smallest absolute Gasteiger partial charge is 0.304 e. The quantitative estimate of drug-likeness (QED) is 0.698. The van der Waals surface area contributed by atoms with Crippen molar-refractivity contribution >= 4 is 5.97 Å². The third-order valence-corrected chi connectivity index (χ3v) is 3.11. The summed E-state index contributed by atoms with van der Waals surface area (Å²) in [7, 11) is 0. The number of rotatable bonds is 7. The molecule has 0 aromatic carbocycles. The molecule has 0 aliphatic rings. The van der Waals surface area contributed by atoms with Crippen molar-refractivity contribution < 1.29 is 15.0 Å². The summed E-state index contributed by atoms with van der Waals surface area (Å²) >= 11 is 0. The highest BCUT2D eigenvalue weighted by Crippen LogP contribution is 2.19. The van der Waals surface area contributed by atoms with Gasteiger partial charge in [-0.25, -0.2) is 0 Å². The van der Waals surface area contributed by atoms with Gasteiger partial charge in [0.15, 0.2) is 0 Å². The van der Waals surface area contributed by atoms with Crippen molar-refractivity contribution in [1.82, 2.24) is 4.90 Å². The maximum atomic E-state index is 10.5. The van der Waals surface area contributed by atoms with E-state index < -0.39 is 11.6 Å². The van der Waals surface area contributed by atoms with Gasteiger partial charge in [-0.3, -0.25) is 9.69 Å². The summed E-state index contributed by atoms with van der Waals surface area (Å²) in [6, 6.07) is 0.240. The van der Waals surface area contributed by atoms with Gasteiger partial charge in [-0.05, 0) is 26.7 Å². The molecule has 96 valence electrons. The van der Waals surface area contributed by atoms with E-state index in [0.29, 0.717) is 13.1 Å². The van der Waals surface area contributed by atoms with Crippen LogP contribution < -0.4 is 0 Å².